The maximum Gasteiger partial charge on any atom is 0.341 e. The van der Waals surface area contributed by atoms with Gasteiger partial charge in [0.05, 0.1) is 17.7 Å². The first-order valence-corrected chi connectivity index (χ1v) is 9.63. The molecule has 0 atom stereocenters. The van der Waals surface area contributed by atoms with Gasteiger partial charge in [-0.3, -0.25) is 9.59 Å². The standard InChI is InChI=1S/C25H19NO4/c1-2-30-25(29)21-20(23(27)17-11-5-3-6-12-17)19-15-9-10-16-26(19)22(21)24(28)18-13-7-4-8-14-18/h3-16H,2H2,1H3. The topological polar surface area (TPSA) is 64.8 Å². The maximum absolute atomic E-state index is 13.4. The number of ketones is 2. The third kappa shape index (κ3) is 3.31. The summed E-state index contributed by atoms with van der Waals surface area (Å²) < 4.78 is 6.85. The molecule has 30 heavy (non-hydrogen) atoms. The number of rotatable bonds is 6. The summed E-state index contributed by atoms with van der Waals surface area (Å²) in [5.41, 5.74) is 1.61. The lowest BCUT2D eigenvalue weighted by atomic mass is 9.97. The van der Waals surface area contributed by atoms with E-state index in [-0.39, 0.29) is 35.0 Å². The van der Waals surface area contributed by atoms with Crippen LogP contribution in [0.3, 0.4) is 0 Å². The van der Waals surface area contributed by atoms with Crippen LogP contribution in [0.2, 0.25) is 0 Å². The van der Waals surface area contributed by atoms with Crippen LogP contribution in [-0.2, 0) is 4.74 Å². The van der Waals surface area contributed by atoms with Gasteiger partial charge in [-0.05, 0) is 19.1 Å². The SMILES string of the molecule is CCOC(=O)c1c(C(=O)c2ccccc2)c2ccccn2c1C(=O)c1ccccc1. The summed E-state index contributed by atoms with van der Waals surface area (Å²) in [5.74, 6) is -1.39. The molecule has 0 saturated heterocycles. The van der Waals surface area contributed by atoms with Crippen molar-refractivity contribution in [3.63, 3.8) is 0 Å². The summed E-state index contributed by atoms with van der Waals surface area (Å²) in [5, 5.41) is 0. The van der Waals surface area contributed by atoms with E-state index in [0.717, 1.165) is 0 Å². The van der Waals surface area contributed by atoms with Gasteiger partial charge in [0.25, 0.3) is 0 Å². The molecule has 5 nitrogen and oxygen atoms in total. The zero-order valence-corrected chi connectivity index (χ0v) is 16.4. The van der Waals surface area contributed by atoms with E-state index in [1.165, 1.54) is 0 Å². The fourth-order valence-corrected chi connectivity index (χ4v) is 3.52. The van der Waals surface area contributed by atoms with E-state index in [2.05, 4.69) is 0 Å². The van der Waals surface area contributed by atoms with Gasteiger partial charge in [-0.25, -0.2) is 4.79 Å². The molecule has 0 fully saturated rings. The van der Waals surface area contributed by atoms with Crippen LogP contribution >= 0.6 is 0 Å². The van der Waals surface area contributed by atoms with Crippen LogP contribution in [-0.4, -0.2) is 28.5 Å². The molecular weight excluding hydrogens is 378 g/mol. The Balaban J connectivity index is 2.04. The molecule has 0 radical (unpaired) electrons. The Morgan fingerprint density at radius 3 is 1.90 bits per heavy atom. The van der Waals surface area contributed by atoms with Crippen LogP contribution in [0.1, 0.15) is 49.3 Å². The van der Waals surface area contributed by atoms with Gasteiger partial charge in [-0.1, -0.05) is 66.7 Å². The highest BCUT2D eigenvalue weighted by atomic mass is 16.5. The van der Waals surface area contributed by atoms with Crippen molar-refractivity contribution >= 4 is 23.1 Å². The molecule has 0 spiro atoms. The summed E-state index contributed by atoms with van der Waals surface area (Å²) in [6.45, 7) is 1.81. The highest BCUT2D eigenvalue weighted by Crippen LogP contribution is 2.29. The van der Waals surface area contributed by atoms with Crippen molar-refractivity contribution in [1.82, 2.24) is 4.40 Å². The molecule has 0 bridgehead atoms. The lowest BCUT2D eigenvalue weighted by molar-refractivity contribution is 0.0521. The lowest BCUT2D eigenvalue weighted by Crippen LogP contribution is -2.16. The van der Waals surface area contributed by atoms with Gasteiger partial charge in [0.2, 0.25) is 5.78 Å². The average Bonchev–Trinajstić information content (AvgIpc) is 3.14. The molecule has 4 rings (SSSR count). The first-order chi connectivity index (χ1) is 14.6. The minimum absolute atomic E-state index is 0.00856. The van der Waals surface area contributed by atoms with Crippen LogP contribution in [0.5, 0.6) is 0 Å². The van der Waals surface area contributed by atoms with E-state index < -0.39 is 5.97 Å². The zero-order chi connectivity index (χ0) is 21.1. The Morgan fingerprint density at radius 1 is 0.733 bits per heavy atom. The Morgan fingerprint density at radius 2 is 1.30 bits per heavy atom. The van der Waals surface area contributed by atoms with Crippen molar-refractivity contribution in [1.29, 1.82) is 0 Å². The molecule has 0 aliphatic heterocycles. The third-order valence-corrected chi connectivity index (χ3v) is 4.84. The van der Waals surface area contributed by atoms with E-state index in [1.807, 2.05) is 12.1 Å². The van der Waals surface area contributed by atoms with Crippen LogP contribution in [0.25, 0.3) is 5.52 Å². The Bertz CT molecular complexity index is 1150. The molecule has 148 valence electrons. The second-order valence-electron chi connectivity index (χ2n) is 6.67. The molecular formula is C25H19NO4. The van der Waals surface area contributed by atoms with Crippen molar-refractivity contribution in [3.05, 3.63) is 113 Å². The molecule has 0 saturated carbocycles. The summed E-state index contributed by atoms with van der Waals surface area (Å²) in [6.07, 6.45) is 1.68. The number of nitrogens with zero attached hydrogens (tertiary/aromatic N) is 1. The van der Waals surface area contributed by atoms with Crippen molar-refractivity contribution in [2.45, 2.75) is 6.92 Å². The summed E-state index contributed by atoms with van der Waals surface area (Å²) in [4.78, 5) is 39.8. The van der Waals surface area contributed by atoms with E-state index in [0.29, 0.717) is 16.6 Å². The maximum atomic E-state index is 13.4. The number of aromatic nitrogens is 1. The van der Waals surface area contributed by atoms with Gasteiger partial charge in [0, 0.05) is 17.3 Å². The van der Waals surface area contributed by atoms with Crippen LogP contribution < -0.4 is 0 Å². The molecule has 0 aliphatic carbocycles. The molecule has 0 N–H and O–H groups in total. The number of hydrogen-bond acceptors (Lipinski definition) is 4. The van der Waals surface area contributed by atoms with Gasteiger partial charge in [-0.2, -0.15) is 0 Å². The number of ether oxygens (including phenoxy) is 1. The molecule has 2 aromatic carbocycles. The molecule has 5 heteroatoms. The molecule has 0 amide bonds. The van der Waals surface area contributed by atoms with E-state index in [1.54, 1.807) is 84.3 Å². The Hall–Kier alpha value is -3.99. The number of pyridine rings is 1. The van der Waals surface area contributed by atoms with Crippen molar-refractivity contribution in [2.24, 2.45) is 0 Å². The minimum atomic E-state index is -0.695. The van der Waals surface area contributed by atoms with Crippen molar-refractivity contribution in [2.75, 3.05) is 6.61 Å². The number of carbonyl (C=O) groups is 3. The lowest BCUT2D eigenvalue weighted by Gasteiger charge is -2.07. The number of fused-ring (bicyclic) bond motifs is 1. The smallest absolute Gasteiger partial charge is 0.341 e. The number of carbonyl (C=O) groups excluding carboxylic acids is 3. The van der Waals surface area contributed by atoms with E-state index in [4.69, 9.17) is 4.74 Å². The van der Waals surface area contributed by atoms with Gasteiger partial charge in [-0.15, -0.1) is 0 Å². The zero-order valence-electron chi connectivity index (χ0n) is 16.4. The Kier molecular flexibility index (Phi) is 5.26. The monoisotopic (exact) mass is 397 g/mol. The number of esters is 1. The predicted molar refractivity (Wildman–Crippen MR) is 113 cm³/mol. The third-order valence-electron chi connectivity index (χ3n) is 4.84. The average molecular weight is 397 g/mol. The van der Waals surface area contributed by atoms with Crippen LogP contribution in [0, 0.1) is 0 Å². The van der Waals surface area contributed by atoms with Crippen molar-refractivity contribution in [3.8, 4) is 0 Å². The number of benzene rings is 2. The van der Waals surface area contributed by atoms with Crippen molar-refractivity contribution < 1.29 is 19.1 Å². The molecule has 0 unspecified atom stereocenters. The predicted octanol–water partition coefficient (Wildman–Crippen LogP) is 4.58. The van der Waals surface area contributed by atoms with Gasteiger partial charge < -0.3 is 9.14 Å². The summed E-state index contributed by atoms with van der Waals surface area (Å²) in [6, 6.07) is 22.6. The van der Waals surface area contributed by atoms with Gasteiger partial charge in [0.15, 0.2) is 5.78 Å². The first kappa shape index (κ1) is 19.3. The van der Waals surface area contributed by atoms with E-state index >= 15 is 0 Å². The quantitative estimate of drug-likeness (QED) is 0.353. The van der Waals surface area contributed by atoms with E-state index in [9.17, 15) is 14.4 Å². The molecule has 2 heterocycles. The summed E-state index contributed by atoms with van der Waals surface area (Å²) >= 11 is 0. The fourth-order valence-electron chi connectivity index (χ4n) is 3.52. The second-order valence-corrected chi connectivity index (χ2v) is 6.67. The molecule has 4 aromatic rings. The molecule has 0 aliphatic rings. The van der Waals surface area contributed by atoms with Crippen LogP contribution in [0.15, 0.2) is 85.1 Å². The Labute approximate surface area is 173 Å². The van der Waals surface area contributed by atoms with Gasteiger partial charge >= 0.3 is 5.97 Å². The first-order valence-electron chi connectivity index (χ1n) is 9.63. The van der Waals surface area contributed by atoms with Crippen LogP contribution in [0.4, 0.5) is 0 Å². The minimum Gasteiger partial charge on any atom is -0.462 e. The molecule has 2 aromatic heterocycles. The van der Waals surface area contributed by atoms with Gasteiger partial charge in [0.1, 0.15) is 11.3 Å². The highest BCUT2D eigenvalue weighted by Gasteiger charge is 2.32. The highest BCUT2D eigenvalue weighted by molar-refractivity contribution is 6.24. The largest absolute Gasteiger partial charge is 0.462 e. The second kappa shape index (κ2) is 8.17. The normalized spacial score (nSPS) is 10.7. The summed E-state index contributed by atoms with van der Waals surface area (Å²) in [7, 11) is 0. The fraction of sp³-hybridized carbons (Fsp3) is 0.0800. The number of hydrogen-bond donors (Lipinski definition) is 0.